The van der Waals surface area contributed by atoms with Crippen molar-refractivity contribution in [3.8, 4) is 0 Å². The van der Waals surface area contributed by atoms with Crippen LogP contribution in [-0.2, 0) is 9.53 Å². The maximum Gasteiger partial charge on any atom is 0.247 e. The summed E-state index contributed by atoms with van der Waals surface area (Å²) < 4.78 is 5.08. The van der Waals surface area contributed by atoms with Crippen molar-refractivity contribution in [2.75, 3.05) is 13.2 Å². The van der Waals surface area contributed by atoms with Crippen LogP contribution in [0.3, 0.4) is 0 Å². The Hall–Kier alpha value is -1.25. The minimum absolute atomic E-state index is 0.0842. The lowest BCUT2D eigenvalue weighted by atomic mass is 10.5. The van der Waals surface area contributed by atoms with Crippen LogP contribution in [0.15, 0.2) is 24.5 Å². The highest BCUT2D eigenvalue weighted by molar-refractivity contribution is 5.90. The number of rotatable bonds is 3. The molecular weight excluding hydrogens is 154 g/mol. The monoisotopic (exact) mass is 169 g/mol. The first-order valence-electron chi connectivity index (χ1n) is 4.05. The Labute approximate surface area is 73.1 Å². The Bertz CT molecular complexity index is 185. The third-order valence-corrected chi connectivity index (χ3v) is 1.12. The molecule has 1 heterocycles. The van der Waals surface area contributed by atoms with Crippen molar-refractivity contribution < 1.29 is 9.53 Å². The number of carbonyl (C=O) groups is 1. The average Bonchev–Trinajstić information content (AvgIpc) is 2.51. The average molecular weight is 169 g/mol. The summed E-state index contributed by atoms with van der Waals surface area (Å²) in [4.78, 5) is 10.5. The van der Waals surface area contributed by atoms with E-state index < -0.39 is 0 Å². The Kier molecular flexibility index (Phi) is 5.79. The highest BCUT2D eigenvalue weighted by atomic mass is 16.5. The van der Waals surface area contributed by atoms with E-state index in [0.29, 0.717) is 18.9 Å². The van der Waals surface area contributed by atoms with Gasteiger partial charge in [0.2, 0.25) is 5.91 Å². The SMILES string of the molecule is C=CCOC1=CC(=O)NC1.CC. The standard InChI is InChI=1S/C7H9NO2.C2H6/c1-2-3-10-6-4-7(9)8-5-6;1-2/h2,4H,1,3,5H2,(H,8,9);1-2H3. The smallest absolute Gasteiger partial charge is 0.247 e. The van der Waals surface area contributed by atoms with Crippen molar-refractivity contribution in [1.82, 2.24) is 5.32 Å². The fourth-order valence-electron chi connectivity index (χ4n) is 0.681. The molecule has 68 valence electrons. The van der Waals surface area contributed by atoms with Crippen LogP contribution in [0.1, 0.15) is 13.8 Å². The second-order valence-electron chi connectivity index (χ2n) is 1.93. The molecule has 0 saturated carbocycles. The van der Waals surface area contributed by atoms with Gasteiger partial charge in [-0.2, -0.15) is 0 Å². The maximum absolute atomic E-state index is 10.5. The van der Waals surface area contributed by atoms with Crippen LogP contribution in [0, 0.1) is 0 Å². The second-order valence-corrected chi connectivity index (χ2v) is 1.93. The first-order chi connectivity index (χ1) is 5.83. The summed E-state index contributed by atoms with van der Waals surface area (Å²) in [6, 6.07) is 0. The molecule has 3 nitrogen and oxygen atoms in total. The first-order valence-corrected chi connectivity index (χ1v) is 4.05. The number of nitrogens with one attached hydrogen (secondary N) is 1. The van der Waals surface area contributed by atoms with Crippen molar-refractivity contribution in [3.63, 3.8) is 0 Å². The molecule has 1 N–H and O–H groups in total. The van der Waals surface area contributed by atoms with Gasteiger partial charge in [0.1, 0.15) is 12.4 Å². The molecule has 0 atom stereocenters. The van der Waals surface area contributed by atoms with E-state index in [0.717, 1.165) is 0 Å². The molecule has 0 aromatic heterocycles. The molecule has 0 saturated heterocycles. The molecule has 0 unspecified atom stereocenters. The Morgan fingerprint density at radius 1 is 1.75 bits per heavy atom. The van der Waals surface area contributed by atoms with Crippen molar-refractivity contribution in [2.45, 2.75) is 13.8 Å². The van der Waals surface area contributed by atoms with Crippen LogP contribution in [0.4, 0.5) is 0 Å². The molecule has 0 fully saturated rings. The van der Waals surface area contributed by atoms with Gasteiger partial charge in [-0.05, 0) is 0 Å². The van der Waals surface area contributed by atoms with Crippen LogP contribution in [0.5, 0.6) is 0 Å². The van der Waals surface area contributed by atoms with Crippen LogP contribution < -0.4 is 5.32 Å². The summed E-state index contributed by atoms with van der Waals surface area (Å²) in [5, 5.41) is 2.59. The zero-order valence-corrected chi connectivity index (χ0v) is 7.59. The molecular formula is C9H15NO2. The van der Waals surface area contributed by atoms with Gasteiger partial charge in [0.05, 0.1) is 6.54 Å². The van der Waals surface area contributed by atoms with E-state index in [1.807, 2.05) is 13.8 Å². The van der Waals surface area contributed by atoms with Gasteiger partial charge in [0.25, 0.3) is 0 Å². The lowest BCUT2D eigenvalue weighted by Gasteiger charge is -2.00. The zero-order valence-electron chi connectivity index (χ0n) is 7.59. The molecule has 0 aromatic rings. The number of hydrogen-bond donors (Lipinski definition) is 1. The summed E-state index contributed by atoms with van der Waals surface area (Å²) in [6.07, 6.45) is 3.09. The molecule has 0 radical (unpaired) electrons. The van der Waals surface area contributed by atoms with Gasteiger partial charge in [0.15, 0.2) is 0 Å². The maximum atomic E-state index is 10.5. The molecule has 0 spiro atoms. The molecule has 1 aliphatic heterocycles. The molecule has 0 aliphatic carbocycles. The van der Waals surface area contributed by atoms with Crippen molar-refractivity contribution in [2.24, 2.45) is 0 Å². The van der Waals surface area contributed by atoms with E-state index in [1.54, 1.807) is 6.08 Å². The van der Waals surface area contributed by atoms with E-state index in [1.165, 1.54) is 6.08 Å². The van der Waals surface area contributed by atoms with Gasteiger partial charge in [-0.1, -0.05) is 26.5 Å². The van der Waals surface area contributed by atoms with Gasteiger partial charge >= 0.3 is 0 Å². The van der Waals surface area contributed by atoms with Gasteiger partial charge in [-0.3, -0.25) is 4.79 Å². The highest BCUT2D eigenvalue weighted by Crippen LogP contribution is 2.00. The van der Waals surface area contributed by atoms with Crippen LogP contribution in [0.25, 0.3) is 0 Å². The predicted octanol–water partition coefficient (Wildman–Crippen LogP) is 1.23. The van der Waals surface area contributed by atoms with Gasteiger partial charge in [-0.25, -0.2) is 0 Å². The molecule has 1 amide bonds. The topological polar surface area (TPSA) is 38.3 Å². The fourth-order valence-corrected chi connectivity index (χ4v) is 0.681. The normalized spacial score (nSPS) is 13.8. The second kappa shape index (κ2) is 6.46. The number of carbonyl (C=O) groups excluding carboxylic acids is 1. The summed E-state index contributed by atoms with van der Waals surface area (Å²) in [6.45, 7) is 8.45. The lowest BCUT2D eigenvalue weighted by molar-refractivity contribution is -0.115. The van der Waals surface area contributed by atoms with Crippen LogP contribution in [0.2, 0.25) is 0 Å². The van der Waals surface area contributed by atoms with E-state index >= 15 is 0 Å². The summed E-state index contributed by atoms with van der Waals surface area (Å²) in [5.41, 5.74) is 0. The molecule has 0 aromatic carbocycles. The predicted molar refractivity (Wildman–Crippen MR) is 48.6 cm³/mol. The first kappa shape index (κ1) is 10.8. The minimum atomic E-state index is -0.0842. The zero-order chi connectivity index (χ0) is 9.40. The van der Waals surface area contributed by atoms with Gasteiger partial charge in [-0.15, -0.1) is 0 Å². The molecule has 1 rings (SSSR count). The van der Waals surface area contributed by atoms with Crippen molar-refractivity contribution in [3.05, 3.63) is 24.5 Å². The van der Waals surface area contributed by atoms with Crippen molar-refractivity contribution in [1.29, 1.82) is 0 Å². The molecule has 1 aliphatic rings. The van der Waals surface area contributed by atoms with Gasteiger partial charge in [0, 0.05) is 6.08 Å². The minimum Gasteiger partial charge on any atom is -0.492 e. The van der Waals surface area contributed by atoms with Crippen LogP contribution >= 0.6 is 0 Å². The molecule has 3 heteroatoms. The van der Waals surface area contributed by atoms with E-state index in [4.69, 9.17) is 4.74 Å². The van der Waals surface area contributed by atoms with E-state index in [2.05, 4.69) is 11.9 Å². The number of ether oxygens (including phenoxy) is 1. The Morgan fingerprint density at radius 3 is 2.83 bits per heavy atom. The van der Waals surface area contributed by atoms with E-state index in [-0.39, 0.29) is 5.91 Å². The van der Waals surface area contributed by atoms with E-state index in [9.17, 15) is 4.79 Å². The summed E-state index contributed by atoms with van der Waals surface area (Å²) in [5.74, 6) is 0.601. The van der Waals surface area contributed by atoms with Crippen molar-refractivity contribution >= 4 is 5.91 Å². The third-order valence-electron chi connectivity index (χ3n) is 1.12. The molecule has 12 heavy (non-hydrogen) atoms. The third kappa shape index (κ3) is 3.81. The van der Waals surface area contributed by atoms with Gasteiger partial charge < -0.3 is 10.1 Å². The largest absolute Gasteiger partial charge is 0.492 e. The summed E-state index contributed by atoms with van der Waals surface area (Å²) >= 11 is 0. The fraction of sp³-hybridized carbons (Fsp3) is 0.444. The summed E-state index contributed by atoms with van der Waals surface area (Å²) in [7, 11) is 0. The number of amides is 1. The Morgan fingerprint density at radius 2 is 2.42 bits per heavy atom. The number of hydrogen-bond acceptors (Lipinski definition) is 2. The van der Waals surface area contributed by atoms with Crippen LogP contribution in [-0.4, -0.2) is 19.1 Å². The Balaban J connectivity index is 0.000000561. The highest BCUT2D eigenvalue weighted by Gasteiger charge is 2.10. The lowest BCUT2D eigenvalue weighted by Crippen LogP contribution is -2.15. The quantitative estimate of drug-likeness (QED) is 0.645. The molecule has 0 bridgehead atoms.